The molecule has 1 saturated heterocycles. The Kier molecular flexibility index (Phi) is 5.33. The minimum absolute atomic E-state index is 0.0569. The lowest BCUT2D eigenvalue weighted by molar-refractivity contribution is -0.00526. The van der Waals surface area contributed by atoms with E-state index in [1.54, 1.807) is 22.5 Å². The van der Waals surface area contributed by atoms with E-state index in [1.807, 2.05) is 31.2 Å². The summed E-state index contributed by atoms with van der Waals surface area (Å²) >= 11 is 0. The van der Waals surface area contributed by atoms with Crippen molar-refractivity contribution in [2.45, 2.75) is 30.8 Å². The van der Waals surface area contributed by atoms with E-state index in [9.17, 15) is 8.42 Å². The summed E-state index contributed by atoms with van der Waals surface area (Å²) in [4.78, 5) is 0.367. The van der Waals surface area contributed by atoms with Crippen molar-refractivity contribution in [1.82, 2.24) is 4.31 Å². The molecular weight excluding hydrogens is 322 g/mol. The first-order valence-corrected chi connectivity index (χ1v) is 9.72. The van der Waals surface area contributed by atoms with Gasteiger partial charge in [0, 0.05) is 13.1 Å². The van der Waals surface area contributed by atoms with Gasteiger partial charge >= 0.3 is 0 Å². The highest BCUT2D eigenvalue weighted by atomic mass is 32.2. The number of hydrogen-bond acceptors (Lipinski definition) is 3. The Morgan fingerprint density at radius 1 is 1.12 bits per heavy atom. The normalized spacial score (nSPS) is 19.3. The van der Waals surface area contributed by atoms with Crippen LogP contribution in [-0.4, -0.2) is 38.5 Å². The molecule has 3 rings (SSSR count). The van der Waals surface area contributed by atoms with Crippen molar-refractivity contribution in [3.63, 3.8) is 0 Å². The van der Waals surface area contributed by atoms with Gasteiger partial charge in [-0.3, -0.25) is 0 Å². The predicted molar refractivity (Wildman–Crippen MR) is 94.4 cm³/mol. The van der Waals surface area contributed by atoms with Gasteiger partial charge in [-0.1, -0.05) is 42.5 Å². The van der Waals surface area contributed by atoms with Crippen LogP contribution in [0.5, 0.6) is 0 Å². The summed E-state index contributed by atoms with van der Waals surface area (Å²) in [5.41, 5.74) is 2.20. The number of morpholine rings is 1. The minimum Gasteiger partial charge on any atom is -0.375 e. The minimum atomic E-state index is -3.45. The summed E-state index contributed by atoms with van der Waals surface area (Å²) in [5.74, 6) is 0. The second-order valence-electron chi connectivity index (χ2n) is 6.20. The van der Waals surface area contributed by atoms with Crippen molar-refractivity contribution in [2.75, 3.05) is 19.7 Å². The fourth-order valence-electron chi connectivity index (χ4n) is 2.98. The van der Waals surface area contributed by atoms with Crippen LogP contribution in [0.3, 0.4) is 0 Å². The molecule has 24 heavy (non-hydrogen) atoms. The zero-order valence-electron chi connectivity index (χ0n) is 13.9. The van der Waals surface area contributed by atoms with Crippen molar-refractivity contribution < 1.29 is 13.2 Å². The number of aryl methyl sites for hydroxylation is 2. The molecule has 1 unspecified atom stereocenters. The molecule has 0 saturated carbocycles. The van der Waals surface area contributed by atoms with Gasteiger partial charge < -0.3 is 4.74 Å². The Hall–Kier alpha value is -1.69. The largest absolute Gasteiger partial charge is 0.375 e. The number of hydrogen-bond donors (Lipinski definition) is 0. The number of ether oxygens (including phenoxy) is 1. The zero-order chi connectivity index (χ0) is 17.0. The summed E-state index contributed by atoms with van der Waals surface area (Å²) in [7, 11) is -3.45. The van der Waals surface area contributed by atoms with Crippen molar-refractivity contribution in [3.8, 4) is 0 Å². The molecule has 128 valence electrons. The molecule has 1 aliphatic heterocycles. The van der Waals surface area contributed by atoms with Crippen LogP contribution < -0.4 is 0 Å². The molecule has 1 heterocycles. The van der Waals surface area contributed by atoms with E-state index in [-0.39, 0.29) is 6.10 Å². The van der Waals surface area contributed by atoms with Gasteiger partial charge in [-0.05, 0) is 43.0 Å². The SMILES string of the molecule is Cc1cccc(S(=O)(=O)N2CCOC(CCc3ccccc3)C2)c1. The maximum Gasteiger partial charge on any atom is 0.243 e. The van der Waals surface area contributed by atoms with Gasteiger partial charge in [0.25, 0.3) is 0 Å². The maximum absolute atomic E-state index is 12.8. The topological polar surface area (TPSA) is 46.6 Å². The van der Waals surface area contributed by atoms with Crippen molar-refractivity contribution in [2.24, 2.45) is 0 Å². The van der Waals surface area contributed by atoms with E-state index >= 15 is 0 Å². The van der Waals surface area contributed by atoms with Crippen LogP contribution in [0.4, 0.5) is 0 Å². The standard InChI is InChI=1S/C19H23NO3S/c1-16-6-5-9-19(14-16)24(21,22)20-12-13-23-18(15-20)11-10-17-7-3-2-4-8-17/h2-9,14,18H,10-13,15H2,1H3. The van der Waals surface area contributed by atoms with Crippen molar-refractivity contribution in [3.05, 3.63) is 65.7 Å². The Morgan fingerprint density at radius 3 is 2.67 bits per heavy atom. The summed E-state index contributed by atoms with van der Waals surface area (Å²) in [5, 5.41) is 0. The highest BCUT2D eigenvalue weighted by Gasteiger charge is 2.30. The molecule has 0 aromatic heterocycles. The van der Waals surface area contributed by atoms with Crippen LogP contribution in [0.15, 0.2) is 59.5 Å². The van der Waals surface area contributed by atoms with E-state index in [1.165, 1.54) is 5.56 Å². The lowest BCUT2D eigenvalue weighted by atomic mass is 10.1. The third kappa shape index (κ3) is 4.04. The molecular formula is C19H23NO3S. The Bertz CT molecular complexity index is 774. The van der Waals surface area contributed by atoms with Crippen LogP contribution in [0.2, 0.25) is 0 Å². The van der Waals surface area contributed by atoms with Crippen molar-refractivity contribution in [1.29, 1.82) is 0 Å². The molecule has 0 amide bonds. The Balaban J connectivity index is 1.66. The molecule has 1 fully saturated rings. The number of nitrogens with zero attached hydrogens (tertiary/aromatic N) is 1. The van der Waals surface area contributed by atoms with Gasteiger partial charge in [-0.15, -0.1) is 0 Å². The van der Waals surface area contributed by atoms with Crippen LogP contribution in [0, 0.1) is 6.92 Å². The third-order valence-electron chi connectivity index (χ3n) is 4.33. The highest BCUT2D eigenvalue weighted by molar-refractivity contribution is 7.89. The molecule has 0 radical (unpaired) electrons. The van der Waals surface area contributed by atoms with Gasteiger partial charge in [0.15, 0.2) is 0 Å². The predicted octanol–water partition coefficient (Wildman–Crippen LogP) is 3.02. The lowest BCUT2D eigenvalue weighted by Gasteiger charge is -2.32. The van der Waals surface area contributed by atoms with Crippen LogP contribution in [0.1, 0.15) is 17.5 Å². The molecule has 1 aliphatic rings. The fourth-order valence-corrected chi connectivity index (χ4v) is 4.54. The molecule has 0 bridgehead atoms. The first kappa shape index (κ1) is 17.1. The first-order chi connectivity index (χ1) is 11.6. The van der Waals surface area contributed by atoms with E-state index in [0.717, 1.165) is 18.4 Å². The molecule has 4 nitrogen and oxygen atoms in total. The van der Waals surface area contributed by atoms with Gasteiger partial charge in [-0.2, -0.15) is 4.31 Å². The number of rotatable bonds is 5. The molecule has 0 spiro atoms. The second kappa shape index (κ2) is 7.47. The monoisotopic (exact) mass is 345 g/mol. The maximum atomic E-state index is 12.8. The van der Waals surface area contributed by atoms with E-state index in [4.69, 9.17) is 4.74 Å². The Morgan fingerprint density at radius 2 is 1.92 bits per heavy atom. The summed E-state index contributed by atoms with van der Waals surface area (Å²) in [6.07, 6.45) is 1.66. The first-order valence-electron chi connectivity index (χ1n) is 8.28. The molecule has 1 atom stereocenters. The van der Waals surface area contributed by atoms with Crippen molar-refractivity contribution >= 4 is 10.0 Å². The fraction of sp³-hybridized carbons (Fsp3) is 0.368. The van der Waals surface area contributed by atoms with Crippen LogP contribution >= 0.6 is 0 Å². The van der Waals surface area contributed by atoms with Gasteiger partial charge in [0.2, 0.25) is 10.0 Å². The molecule has 2 aromatic rings. The zero-order valence-corrected chi connectivity index (χ0v) is 14.7. The number of sulfonamides is 1. The summed E-state index contributed by atoms with van der Waals surface area (Å²) in [6, 6.07) is 17.3. The second-order valence-corrected chi connectivity index (χ2v) is 8.13. The molecule has 0 aliphatic carbocycles. The van der Waals surface area contributed by atoms with Gasteiger partial charge in [0.1, 0.15) is 0 Å². The van der Waals surface area contributed by atoms with Crippen LogP contribution in [-0.2, 0) is 21.2 Å². The average Bonchev–Trinajstić information content (AvgIpc) is 2.61. The molecule has 5 heteroatoms. The van der Waals surface area contributed by atoms with Crippen LogP contribution in [0.25, 0.3) is 0 Å². The molecule has 0 N–H and O–H groups in total. The number of benzene rings is 2. The summed E-state index contributed by atoms with van der Waals surface area (Å²) in [6.45, 7) is 3.19. The summed E-state index contributed by atoms with van der Waals surface area (Å²) < 4.78 is 33.0. The highest BCUT2D eigenvalue weighted by Crippen LogP contribution is 2.21. The van der Waals surface area contributed by atoms with Gasteiger partial charge in [0.05, 0.1) is 17.6 Å². The smallest absolute Gasteiger partial charge is 0.243 e. The van der Waals surface area contributed by atoms with E-state index in [2.05, 4.69) is 12.1 Å². The quantitative estimate of drug-likeness (QED) is 0.837. The average molecular weight is 345 g/mol. The Labute approximate surface area is 144 Å². The third-order valence-corrected chi connectivity index (χ3v) is 6.19. The van der Waals surface area contributed by atoms with Gasteiger partial charge in [-0.25, -0.2) is 8.42 Å². The van der Waals surface area contributed by atoms with E-state index < -0.39 is 10.0 Å². The lowest BCUT2D eigenvalue weighted by Crippen LogP contribution is -2.45. The molecule has 2 aromatic carbocycles. The van der Waals surface area contributed by atoms with E-state index in [0.29, 0.717) is 24.6 Å².